The molecule has 0 N–H and O–H groups in total. The molecule has 0 unspecified atom stereocenters. The lowest BCUT2D eigenvalue weighted by molar-refractivity contribution is 0.340. The maximum absolute atomic E-state index is 12.3. The Bertz CT molecular complexity index is 846. The number of benzene rings is 1. The average molecular weight is 315 g/mol. The molecule has 2 aromatic heterocycles. The molecular weight excluding hydrogens is 298 g/mol. The molecule has 0 aliphatic carbocycles. The first-order chi connectivity index (χ1) is 10.6. The Labute approximate surface area is 132 Å². The van der Waals surface area contributed by atoms with Gasteiger partial charge in [-0.3, -0.25) is 0 Å². The zero-order valence-electron chi connectivity index (χ0n) is 12.8. The van der Waals surface area contributed by atoms with E-state index >= 15 is 0 Å². The number of fused-ring (bicyclic) bond motifs is 1. The van der Waals surface area contributed by atoms with Gasteiger partial charge in [0.05, 0.1) is 6.61 Å². The minimum Gasteiger partial charge on any atom is -0.494 e. The van der Waals surface area contributed by atoms with Gasteiger partial charge in [0.25, 0.3) is 0 Å². The molecule has 3 rings (SSSR count). The second-order valence-corrected chi connectivity index (χ2v) is 6.14. The quantitative estimate of drug-likeness (QED) is 0.714. The van der Waals surface area contributed by atoms with Crippen LogP contribution in [0.2, 0.25) is 0 Å². The summed E-state index contributed by atoms with van der Waals surface area (Å²) < 4.78 is 10.8. The highest BCUT2D eigenvalue weighted by Gasteiger charge is 2.16. The van der Waals surface area contributed by atoms with Crippen LogP contribution in [0.1, 0.15) is 32.6 Å². The van der Waals surface area contributed by atoms with Crippen molar-refractivity contribution in [1.29, 1.82) is 0 Å². The van der Waals surface area contributed by atoms with Crippen molar-refractivity contribution in [1.82, 2.24) is 4.98 Å². The monoisotopic (exact) mass is 315 g/mol. The Balaban J connectivity index is 2.10. The lowest BCUT2D eigenvalue weighted by Gasteiger charge is -2.05. The summed E-state index contributed by atoms with van der Waals surface area (Å²) in [6, 6.07) is 7.70. The van der Waals surface area contributed by atoms with Gasteiger partial charge in [0.15, 0.2) is 0 Å². The number of aromatic nitrogens is 1. The number of thiophene rings is 1. The SMILES string of the molecule is CCOc1ccc(-c2csc3nc(C(C)C)oc(=O)c23)cc1. The second-order valence-electron chi connectivity index (χ2n) is 5.28. The summed E-state index contributed by atoms with van der Waals surface area (Å²) in [6.45, 7) is 6.49. The van der Waals surface area contributed by atoms with Gasteiger partial charge >= 0.3 is 5.63 Å². The third kappa shape index (κ3) is 2.64. The molecule has 2 heterocycles. The van der Waals surface area contributed by atoms with Crippen LogP contribution in [0.25, 0.3) is 21.3 Å². The molecule has 1 aromatic carbocycles. The molecular formula is C17H17NO3S. The molecule has 0 fully saturated rings. The van der Waals surface area contributed by atoms with E-state index in [1.807, 2.05) is 50.4 Å². The highest BCUT2D eigenvalue weighted by atomic mass is 32.1. The number of hydrogen-bond donors (Lipinski definition) is 0. The van der Waals surface area contributed by atoms with Gasteiger partial charge in [-0.15, -0.1) is 11.3 Å². The Hall–Kier alpha value is -2.14. The standard InChI is InChI=1S/C17H17NO3S/c1-4-20-12-7-5-11(6-8-12)13-9-22-16-14(13)17(19)21-15(18-16)10(2)3/h5-10H,4H2,1-3H3. The Morgan fingerprint density at radius 3 is 2.64 bits per heavy atom. The van der Waals surface area contributed by atoms with Gasteiger partial charge in [0, 0.05) is 16.9 Å². The minimum atomic E-state index is -0.321. The molecule has 0 amide bonds. The van der Waals surface area contributed by atoms with E-state index in [-0.39, 0.29) is 11.5 Å². The zero-order valence-corrected chi connectivity index (χ0v) is 13.6. The molecule has 5 heteroatoms. The summed E-state index contributed by atoms with van der Waals surface area (Å²) in [5.74, 6) is 1.39. The van der Waals surface area contributed by atoms with Gasteiger partial charge < -0.3 is 9.15 Å². The highest BCUT2D eigenvalue weighted by molar-refractivity contribution is 7.17. The minimum absolute atomic E-state index is 0.0909. The summed E-state index contributed by atoms with van der Waals surface area (Å²) in [7, 11) is 0. The van der Waals surface area contributed by atoms with E-state index in [1.165, 1.54) is 11.3 Å². The number of rotatable bonds is 4. The molecule has 3 aromatic rings. The molecule has 114 valence electrons. The predicted molar refractivity (Wildman–Crippen MR) is 88.9 cm³/mol. The van der Waals surface area contributed by atoms with Gasteiger partial charge in [-0.1, -0.05) is 26.0 Å². The van der Waals surface area contributed by atoms with Crippen LogP contribution in [-0.2, 0) is 0 Å². The van der Waals surface area contributed by atoms with Gasteiger partial charge in [0.2, 0.25) is 5.89 Å². The van der Waals surface area contributed by atoms with E-state index < -0.39 is 0 Å². The predicted octanol–water partition coefficient (Wildman–Crippen LogP) is 4.44. The first kappa shape index (κ1) is 14.8. The molecule has 0 saturated heterocycles. The van der Waals surface area contributed by atoms with Crippen LogP contribution in [0.5, 0.6) is 5.75 Å². The first-order valence-electron chi connectivity index (χ1n) is 7.25. The van der Waals surface area contributed by atoms with Crippen molar-refractivity contribution in [3.05, 3.63) is 46.0 Å². The van der Waals surface area contributed by atoms with Crippen molar-refractivity contribution in [2.45, 2.75) is 26.7 Å². The lowest BCUT2D eigenvalue weighted by Crippen LogP contribution is -2.05. The van der Waals surface area contributed by atoms with E-state index in [1.54, 1.807) is 0 Å². The molecule has 22 heavy (non-hydrogen) atoms. The number of hydrogen-bond acceptors (Lipinski definition) is 5. The first-order valence-corrected chi connectivity index (χ1v) is 8.13. The van der Waals surface area contributed by atoms with E-state index in [9.17, 15) is 4.79 Å². The van der Waals surface area contributed by atoms with Gasteiger partial charge in [-0.25, -0.2) is 9.78 Å². The van der Waals surface area contributed by atoms with E-state index in [0.717, 1.165) is 21.7 Å². The van der Waals surface area contributed by atoms with E-state index in [2.05, 4.69) is 4.98 Å². The van der Waals surface area contributed by atoms with Crippen molar-refractivity contribution in [3.8, 4) is 16.9 Å². The van der Waals surface area contributed by atoms with Gasteiger partial charge in [-0.05, 0) is 24.6 Å². The molecule has 0 bridgehead atoms. The molecule has 0 spiro atoms. The van der Waals surface area contributed by atoms with Crippen molar-refractivity contribution >= 4 is 21.6 Å². The average Bonchev–Trinajstić information content (AvgIpc) is 2.93. The van der Waals surface area contributed by atoms with Crippen LogP contribution in [0, 0.1) is 0 Å². The fraction of sp³-hybridized carbons (Fsp3) is 0.294. The maximum Gasteiger partial charge on any atom is 0.348 e. The summed E-state index contributed by atoms with van der Waals surface area (Å²) in [5.41, 5.74) is 1.50. The van der Waals surface area contributed by atoms with E-state index in [4.69, 9.17) is 9.15 Å². The zero-order chi connectivity index (χ0) is 15.7. The third-order valence-electron chi connectivity index (χ3n) is 3.35. The summed E-state index contributed by atoms with van der Waals surface area (Å²) in [5, 5.41) is 2.51. The molecule has 0 aliphatic heterocycles. The van der Waals surface area contributed by atoms with E-state index in [0.29, 0.717) is 17.9 Å². The van der Waals surface area contributed by atoms with Gasteiger partial charge in [0.1, 0.15) is 16.0 Å². The summed E-state index contributed by atoms with van der Waals surface area (Å²) >= 11 is 1.47. The number of nitrogens with zero attached hydrogens (tertiary/aromatic N) is 1. The van der Waals surface area contributed by atoms with Crippen LogP contribution >= 0.6 is 11.3 Å². The van der Waals surface area contributed by atoms with Crippen molar-refractivity contribution in [3.63, 3.8) is 0 Å². The third-order valence-corrected chi connectivity index (χ3v) is 4.23. The summed E-state index contributed by atoms with van der Waals surface area (Å²) in [6.07, 6.45) is 0. The summed E-state index contributed by atoms with van der Waals surface area (Å²) in [4.78, 5) is 17.5. The lowest BCUT2D eigenvalue weighted by atomic mass is 10.1. The molecule has 0 aliphatic rings. The normalized spacial score (nSPS) is 11.3. The van der Waals surface area contributed by atoms with Crippen LogP contribution in [0.4, 0.5) is 0 Å². The van der Waals surface area contributed by atoms with Crippen LogP contribution in [-0.4, -0.2) is 11.6 Å². The second kappa shape index (κ2) is 5.93. The van der Waals surface area contributed by atoms with Gasteiger partial charge in [-0.2, -0.15) is 0 Å². The maximum atomic E-state index is 12.3. The Kier molecular flexibility index (Phi) is 3.98. The molecule has 0 radical (unpaired) electrons. The fourth-order valence-electron chi connectivity index (χ4n) is 2.25. The smallest absolute Gasteiger partial charge is 0.348 e. The van der Waals surface area contributed by atoms with Crippen molar-refractivity contribution in [2.75, 3.05) is 6.61 Å². The van der Waals surface area contributed by atoms with Crippen molar-refractivity contribution < 1.29 is 9.15 Å². The van der Waals surface area contributed by atoms with Crippen LogP contribution < -0.4 is 10.4 Å². The van der Waals surface area contributed by atoms with Crippen molar-refractivity contribution in [2.24, 2.45) is 0 Å². The Morgan fingerprint density at radius 1 is 1.27 bits per heavy atom. The van der Waals surface area contributed by atoms with Crippen LogP contribution in [0.15, 0.2) is 38.9 Å². The largest absolute Gasteiger partial charge is 0.494 e. The van der Waals surface area contributed by atoms with Crippen LogP contribution in [0.3, 0.4) is 0 Å². The topological polar surface area (TPSA) is 52.3 Å². The highest BCUT2D eigenvalue weighted by Crippen LogP contribution is 2.32. The fourth-order valence-corrected chi connectivity index (χ4v) is 3.19. The Morgan fingerprint density at radius 2 is 2.00 bits per heavy atom. The molecule has 0 saturated carbocycles. The molecule has 0 atom stereocenters. The molecule has 4 nitrogen and oxygen atoms in total. The number of ether oxygens (including phenoxy) is 1.